The lowest BCUT2D eigenvalue weighted by Gasteiger charge is -2.29. The van der Waals surface area contributed by atoms with Gasteiger partial charge >= 0.3 is 0 Å². The van der Waals surface area contributed by atoms with E-state index in [-0.39, 0.29) is 36.7 Å². The summed E-state index contributed by atoms with van der Waals surface area (Å²) in [6.45, 7) is 3.46. The van der Waals surface area contributed by atoms with Crippen molar-refractivity contribution in [1.82, 2.24) is 10.6 Å². The molecule has 1 amide bonds. The molecule has 9 nitrogen and oxygen atoms in total. The Balaban J connectivity index is 0.00000506. The molecule has 3 aromatic rings. The first-order valence-corrected chi connectivity index (χ1v) is 15.8. The molecule has 0 spiro atoms. The largest absolute Gasteiger partial charge is 0.497 e. The molecule has 0 unspecified atom stereocenters. The van der Waals surface area contributed by atoms with Crippen molar-refractivity contribution in [3.8, 4) is 5.75 Å². The van der Waals surface area contributed by atoms with E-state index < -0.39 is 33.9 Å². The summed E-state index contributed by atoms with van der Waals surface area (Å²) in [4.78, 5) is 13.6. The molecule has 1 aliphatic heterocycles. The number of carbonyl (C=O) groups is 1. The Kier molecular flexibility index (Phi) is 12.6. The van der Waals surface area contributed by atoms with E-state index in [9.17, 15) is 22.7 Å². The van der Waals surface area contributed by atoms with E-state index >= 15 is 0 Å². The Hall–Kier alpha value is -3.38. The van der Waals surface area contributed by atoms with Gasteiger partial charge in [-0.05, 0) is 79.8 Å². The topological polar surface area (TPSA) is 120 Å². The monoisotopic (exact) mass is 634 g/mol. The minimum absolute atomic E-state index is 0. The lowest BCUT2D eigenvalue weighted by molar-refractivity contribution is 0.0830. The molecule has 1 fully saturated rings. The van der Waals surface area contributed by atoms with E-state index in [1.807, 2.05) is 31.2 Å². The molecular weight excluding hydrogens is 595 g/mol. The number of rotatable bonds is 13. The van der Waals surface area contributed by atoms with Crippen LogP contribution in [0.25, 0.3) is 0 Å². The molecular formula is C31H40ClFN4O5S. The van der Waals surface area contributed by atoms with Crippen LogP contribution in [0, 0.1) is 5.82 Å². The van der Waals surface area contributed by atoms with Gasteiger partial charge in [-0.3, -0.25) is 9.10 Å². The second kappa shape index (κ2) is 15.9. The first-order chi connectivity index (χ1) is 20.2. The predicted molar refractivity (Wildman–Crippen MR) is 170 cm³/mol. The number of aliphatic hydroxyl groups is 1. The average molecular weight is 635 g/mol. The number of carbonyl (C=O) groups excluding carboxylic acids is 1. The van der Waals surface area contributed by atoms with Crippen molar-refractivity contribution in [2.24, 2.45) is 0 Å². The standard InChI is InChI=1S/C31H39FN4O5S.ClH/c1-3-34-26-17-24(18-27(19-26)36-12-4-5-13-42(36,39)40)31(38)35-29(16-22-8-6-10-25(32)14-22)30(37)21-33-20-23-9-7-11-28(15-23)41-2;/h6-11,14-15,17-19,29-30,33-34,37H,3-5,12-13,16,20-21H2,1-2H3,(H,35,38);1H/t29-,30+;/m0./s1. The van der Waals surface area contributed by atoms with Gasteiger partial charge in [-0.1, -0.05) is 24.3 Å². The van der Waals surface area contributed by atoms with Gasteiger partial charge in [-0.2, -0.15) is 0 Å². The van der Waals surface area contributed by atoms with E-state index in [1.54, 1.807) is 37.4 Å². The Labute approximate surface area is 259 Å². The summed E-state index contributed by atoms with van der Waals surface area (Å²) in [5.74, 6) is -0.0971. The Morgan fingerprint density at radius 2 is 1.84 bits per heavy atom. The molecule has 4 N–H and O–H groups in total. The maximum absolute atomic E-state index is 14.0. The molecule has 3 aromatic carbocycles. The van der Waals surface area contributed by atoms with Gasteiger partial charge in [0.1, 0.15) is 11.6 Å². The van der Waals surface area contributed by atoms with Gasteiger partial charge in [0.15, 0.2) is 0 Å². The van der Waals surface area contributed by atoms with Gasteiger partial charge < -0.3 is 25.8 Å². The fourth-order valence-corrected chi connectivity index (χ4v) is 6.64. The molecule has 0 aliphatic carbocycles. The van der Waals surface area contributed by atoms with Crippen molar-refractivity contribution < 1.29 is 27.4 Å². The molecule has 0 radical (unpaired) electrons. The molecule has 1 aliphatic rings. The fraction of sp³-hybridized carbons (Fsp3) is 0.387. The molecule has 0 saturated carbocycles. The number of sulfonamides is 1. The van der Waals surface area contributed by atoms with Crippen molar-refractivity contribution >= 4 is 39.7 Å². The maximum atomic E-state index is 14.0. The molecule has 1 heterocycles. The van der Waals surface area contributed by atoms with Crippen LogP contribution in [-0.4, -0.2) is 64.1 Å². The molecule has 0 bridgehead atoms. The van der Waals surface area contributed by atoms with Crippen LogP contribution in [0.1, 0.15) is 41.3 Å². The molecule has 2 atom stereocenters. The van der Waals surface area contributed by atoms with E-state index in [2.05, 4.69) is 16.0 Å². The van der Waals surface area contributed by atoms with E-state index in [1.165, 1.54) is 16.4 Å². The third-order valence-electron chi connectivity index (χ3n) is 7.14. The predicted octanol–water partition coefficient (Wildman–Crippen LogP) is 4.11. The summed E-state index contributed by atoms with van der Waals surface area (Å²) in [6, 6.07) is 17.8. The number of nitrogens with zero attached hydrogens (tertiary/aromatic N) is 1. The highest BCUT2D eigenvalue weighted by atomic mass is 35.5. The lowest BCUT2D eigenvalue weighted by Crippen LogP contribution is -2.48. The second-order valence-electron chi connectivity index (χ2n) is 10.4. The normalized spacial score (nSPS) is 15.6. The molecule has 1 saturated heterocycles. The number of ether oxygens (including phenoxy) is 1. The van der Waals surface area contributed by atoms with Crippen molar-refractivity contribution in [2.75, 3.05) is 42.1 Å². The summed E-state index contributed by atoms with van der Waals surface area (Å²) in [5.41, 5.74) is 2.87. The Bertz CT molecular complexity index is 1480. The summed E-state index contributed by atoms with van der Waals surface area (Å²) < 4.78 is 46.2. The minimum atomic E-state index is -3.49. The number of benzene rings is 3. The van der Waals surface area contributed by atoms with Crippen LogP contribution in [0.15, 0.2) is 66.7 Å². The zero-order valence-corrected chi connectivity index (χ0v) is 26.0. The molecule has 43 heavy (non-hydrogen) atoms. The SMILES string of the molecule is CCNc1cc(C(=O)N[C@@H](Cc2cccc(F)c2)[C@H](O)CNCc2cccc(OC)c2)cc(N2CCCCS2(=O)=O)c1.Cl. The fourth-order valence-electron chi connectivity index (χ4n) is 5.01. The highest BCUT2D eigenvalue weighted by Crippen LogP contribution is 2.28. The minimum Gasteiger partial charge on any atom is -0.497 e. The number of hydrogen-bond acceptors (Lipinski definition) is 7. The van der Waals surface area contributed by atoms with Gasteiger partial charge in [0.2, 0.25) is 10.0 Å². The van der Waals surface area contributed by atoms with Crippen molar-refractivity contribution in [3.05, 3.63) is 89.2 Å². The summed E-state index contributed by atoms with van der Waals surface area (Å²) in [6.07, 6.45) is 0.509. The summed E-state index contributed by atoms with van der Waals surface area (Å²) in [5, 5.41) is 20.5. The third kappa shape index (κ3) is 9.56. The lowest BCUT2D eigenvalue weighted by atomic mass is 10.00. The van der Waals surface area contributed by atoms with E-state index in [0.29, 0.717) is 43.0 Å². The smallest absolute Gasteiger partial charge is 0.251 e. The number of anilines is 2. The van der Waals surface area contributed by atoms with Crippen LogP contribution < -0.4 is 25.0 Å². The van der Waals surface area contributed by atoms with Gasteiger partial charge in [0.05, 0.1) is 30.7 Å². The Morgan fingerprint density at radius 3 is 2.56 bits per heavy atom. The van der Waals surface area contributed by atoms with Gasteiger partial charge in [-0.25, -0.2) is 12.8 Å². The highest BCUT2D eigenvalue weighted by molar-refractivity contribution is 7.92. The molecule has 12 heteroatoms. The van der Waals surface area contributed by atoms with E-state index in [4.69, 9.17) is 4.74 Å². The highest BCUT2D eigenvalue weighted by Gasteiger charge is 2.28. The summed E-state index contributed by atoms with van der Waals surface area (Å²) in [7, 11) is -1.89. The zero-order chi connectivity index (χ0) is 30.1. The summed E-state index contributed by atoms with van der Waals surface area (Å²) >= 11 is 0. The third-order valence-corrected chi connectivity index (χ3v) is 9.01. The van der Waals surface area contributed by atoms with Gasteiger partial charge in [0, 0.05) is 37.4 Å². The number of methoxy groups -OCH3 is 1. The van der Waals surface area contributed by atoms with Gasteiger partial charge in [0.25, 0.3) is 5.91 Å². The van der Waals surface area contributed by atoms with E-state index in [0.717, 1.165) is 17.7 Å². The maximum Gasteiger partial charge on any atom is 0.251 e. The van der Waals surface area contributed by atoms with Crippen LogP contribution in [-0.2, 0) is 23.0 Å². The van der Waals surface area contributed by atoms with Crippen LogP contribution in [0.5, 0.6) is 5.75 Å². The van der Waals surface area contributed by atoms with Crippen molar-refractivity contribution in [3.63, 3.8) is 0 Å². The second-order valence-corrected chi connectivity index (χ2v) is 12.4. The number of aliphatic hydroxyl groups excluding tert-OH is 1. The van der Waals surface area contributed by atoms with Crippen LogP contribution in [0.3, 0.4) is 0 Å². The first kappa shape index (κ1) is 34.1. The number of nitrogens with one attached hydrogen (secondary N) is 3. The van der Waals surface area contributed by atoms with Crippen LogP contribution >= 0.6 is 12.4 Å². The van der Waals surface area contributed by atoms with Crippen LogP contribution in [0.2, 0.25) is 0 Å². The van der Waals surface area contributed by atoms with Crippen molar-refractivity contribution in [1.29, 1.82) is 0 Å². The van der Waals surface area contributed by atoms with Crippen LogP contribution in [0.4, 0.5) is 15.8 Å². The number of amides is 1. The average Bonchev–Trinajstić information content (AvgIpc) is 2.96. The zero-order valence-electron chi connectivity index (χ0n) is 24.4. The number of halogens is 2. The molecule has 4 rings (SSSR count). The molecule has 0 aromatic heterocycles. The van der Waals surface area contributed by atoms with Crippen molar-refractivity contribution in [2.45, 2.75) is 44.9 Å². The first-order valence-electron chi connectivity index (χ1n) is 14.1. The quantitative estimate of drug-likeness (QED) is 0.223. The van der Waals surface area contributed by atoms with Gasteiger partial charge in [-0.15, -0.1) is 12.4 Å². The Morgan fingerprint density at radius 1 is 1.07 bits per heavy atom. The molecule has 234 valence electrons. The number of hydrogen-bond donors (Lipinski definition) is 4.